The molecule has 5 heteroatoms. The van der Waals surface area contributed by atoms with Crippen LogP contribution in [-0.2, 0) is 9.47 Å². The van der Waals surface area contributed by atoms with Gasteiger partial charge in [0.25, 0.3) is 0 Å². The van der Waals surface area contributed by atoms with Crippen molar-refractivity contribution in [3.8, 4) is 0 Å². The van der Waals surface area contributed by atoms with E-state index >= 15 is 0 Å². The largest absolute Gasteiger partial charge is 0.444 e. The lowest BCUT2D eigenvalue weighted by atomic mass is 10.2. The van der Waals surface area contributed by atoms with Gasteiger partial charge in [-0.05, 0) is 41.5 Å². The molecule has 0 bridgehead atoms. The number of hydrogen-bond donors (Lipinski definition) is 2. The maximum absolute atomic E-state index is 11.5. The maximum Gasteiger partial charge on any atom is 0.407 e. The van der Waals surface area contributed by atoms with Crippen molar-refractivity contribution in [3.63, 3.8) is 0 Å². The van der Waals surface area contributed by atoms with Gasteiger partial charge in [0.05, 0.1) is 6.10 Å². The van der Waals surface area contributed by atoms with Gasteiger partial charge in [0, 0.05) is 25.7 Å². The van der Waals surface area contributed by atoms with Crippen molar-refractivity contribution in [1.82, 2.24) is 10.6 Å². The number of amides is 1. The van der Waals surface area contributed by atoms with E-state index < -0.39 is 5.60 Å². The Labute approximate surface area is 111 Å². The summed E-state index contributed by atoms with van der Waals surface area (Å²) in [6.45, 7) is 12.2. The van der Waals surface area contributed by atoms with E-state index in [0.29, 0.717) is 6.54 Å². The number of rotatable bonds is 6. The van der Waals surface area contributed by atoms with E-state index in [1.807, 2.05) is 41.5 Å². The molecule has 0 fully saturated rings. The molecule has 18 heavy (non-hydrogen) atoms. The SMILES string of the molecule is COC(C)C(C)NCC(C)NC(=O)OC(C)(C)C. The Hall–Kier alpha value is -0.810. The van der Waals surface area contributed by atoms with E-state index in [2.05, 4.69) is 10.6 Å². The van der Waals surface area contributed by atoms with Gasteiger partial charge in [-0.25, -0.2) is 4.79 Å². The Morgan fingerprint density at radius 2 is 1.78 bits per heavy atom. The zero-order chi connectivity index (χ0) is 14.3. The third-order valence-electron chi connectivity index (χ3n) is 2.59. The number of carbonyl (C=O) groups is 1. The van der Waals surface area contributed by atoms with Crippen molar-refractivity contribution in [1.29, 1.82) is 0 Å². The molecule has 0 rings (SSSR count). The summed E-state index contributed by atoms with van der Waals surface area (Å²) in [5.74, 6) is 0. The number of hydrogen-bond acceptors (Lipinski definition) is 4. The van der Waals surface area contributed by atoms with Gasteiger partial charge in [-0.15, -0.1) is 0 Å². The molecule has 1 amide bonds. The average molecular weight is 260 g/mol. The fourth-order valence-electron chi connectivity index (χ4n) is 1.29. The molecule has 2 N–H and O–H groups in total. The first-order chi connectivity index (χ1) is 8.15. The van der Waals surface area contributed by atoms with Crippen LogP contribution in [0.4, 0.5) is 4.79 Å². The number of ether oxygens (including phenoxy) is 2. The molecule has 108 valence electrons. The van der Waals surface area contributed by atoms with Crippen LogP contribution >= 0.6 is 0 Å². The fraction of sp³-hybridized carbons (Fsp3) is 0.923. The second-order valence-electron chi connectivity index (χ2n) is 5.69. The van der Waals surface area contributed by atoms with Gasteiger partial charge in [0.2, 0.25) is 0 Å². The number of carbonyl (C=O) groups excluding carboxylic acids is 1. The molecule has 0 aliphatic rings. The molecule has 0 spiro atoms. The van der Waals surface area contributed by atoms with E-state index in [9.17, 15) is 4.79 Å². The zero-order valence-corrected chi connectivity index (χ0v) is 12.7. The first-order valence-corrected chi connectivity index (χ1v) is 6.41. The molecule has 0 aromatic rings. The predicted molar refractivity (Wildman–Crippen MR) is 72.8 cm³/mol. The van der Waals surface area contributed by atoms with Gasteiger partial charge < -0.3 is 20.1 Å². The van der Waals surface area contributed by atoms with Crippen molar-refractivity contribution in [2.45, 2.75) is 65.3 Å². The summed E-state index contributed by atoms with van der Waals surface area (Å²) >= 11 is 0. The summed E-state index contributed by atoms with van der Waals surface area (Å²) in [6, 6.07) is 0.240. The van der Waals surface area contributed by atoms with Crippen LogP contribution in [0.3, 0.4) is 0 Å². The van der Waals surface area contributed by atoms with Crippen LogP contribution in [0.2, 0.25) is 0 Å². The van der Waals surface area contributed by atoms with Crippen molar-refractivity contribution < 1.29 is 14.3 Å². The van der Waals surface area contributed by atoms with E-state index in [4.69, 9.17) is 9.47 Å². The van der Waals surface area contributed by atoms with Crippen LogP contribution in [0.15, 0.2) is 0 Å². The molecule has 3 unspecified atom stereocenters. The van der Waals surface area contributed by atoms with Crippen LogP contribution in [0, 0.1) is 0 Å². The monoisotopic (exact) mass is 260 g/mol. The predicted octanol–water partition coefficient (Wildman–Crippen LogP) is 1.91. The van der Waals surface area contributed by atoms with Crippen LogP contribution in [0.1, 0.15) is 41.5 Å². The lowest BCUT2D eigenvalue weighted by Crippen LogP contribution is -2.46. The summed E-state index contributed by atoms with van der Waals surface area (Å²) in [5, 5.41) is 6.09. The van der Waals surface area contributed by atoms with Crippen molar-refractivity contribution in [2.24, 2.45) is 0 Å². The molecular weight excluding hydrogens is 232 g/mol. The minimum atomic E-state index is -0.463. The number of methoxy groups -OCH3 is 1. The van der Waals surface area contributed by atoms with Gasteiger partial charge in [-0.3, -0.25) is 0 Å². The second-order valence-corrected chi connectivity index (χ2v) is 5.69. The molecule has 3 atom stereocenters. The maximum atomic E-state index is 11.5. The smallest absolute Gasteiger partial charge is 0.407 e. The second kappa shape index (κ2) is 7.59. The quantitative estimate of drug-likeness (QED) is 0.766. The first-order valence-electron chi connectivity index (χ1n) is 6.41. The molecule has 0 saturated carbocycles. The van der Waals surface area contributed by atoms with Crippen LogP contribution in [-0.4, -0.2) is 43.5 Å². The molecule has 0 aliphatic heterocycles. The van der Waals surface area contributed by atoms with Crippen LogP contribution in [0.5, 0.6) is 0 Å². The molecule has 0 heterocycles. The van der Waals surface area contributed by atoms with Gasteiger partial charge >= 0.3 is 6.09 Å². The van der Waals surface area contributed by atoms with Crippen molar-refractivity contribution in [2.75, 3.05) is 13.7 Å². The average Bonchev–Trinajstić information content (AvgIpc) is 2.21. The van der Waals surface area contributed by atoms with Gasteiger partial charge in [0.15, 0.2) is 0 Å². The van der Waals surface area contributed by atoms with Crippen molar-refractivity contribution >= 4 is 6.09 Å². The van der Waals surface area contributed by atoms with Gasteiger partial charge in [0.1, 0.15) is 5.60 Å². The molecule has 0 saturated heterocycles. The molecule has 0 aliphatic carbocycles. The fourth-order valence-corrected chi connectivity index (χ4v) is 1.29. The minimum Gasteiger partial charge on any atom is -0.444 e. The Balaban J connectivity index is 3.91. The summed E-state index contributed by atoms with van der Waals surface area (Å²) < 4.78 is 10.4. The molecule has 0 aromatic heterocycles. The Morgan fingerprint density at radius 3 is 2.22 bits per heavy atom. The number of nitrogens with one attached hydrogen (secondary N) is 2. The van der Waals surface area contributed by atoms with Crippen LogP contribution < -0.4 is 10.6 Å². The van der Waals surface area contributed by atoms with Crippen LogP contribution in [0.25, 0.3) is 0 Å². The summed E-state index contributed by atoms with van der Waals surface area (Å²) in [4.78, 5) is 11.5. The Bertz CT molecular complexity index is 251. The summed E-state index contributed by atoms with van der Waals surface area (Å²) in [5.41, 5.74) is -0.463. The molecule has 5 nitrogen and oxygen atoms in total. The minimum absolute atomic E-state index is 0.00589. The topological polar surface area (TPSA) is 59.6 Å². The third-order valence-corrected chi connectivity index (χ3v) is 2.59. The van der Waals surface area contributed by atoms with E-state index in [1.54, 1.807) is 7.11 Å². The Morgan fingerprint density at radius 1 is 1.22 bits per heavy atom. The van der Waals surface area contributed by atoms with Gasteiger partial charge in [-0.2, -0.15) is 0 Å². The molecule has 0 aromatic carbocycles. The highest BCUT2D eigenvalue weighted by molar-refractivity contribution is 5.68. The summed E-state index contributed by atoms with van der Waals surface area (Å²) in [6.07, 6.45) is -0.247. The molecule has 0 radical (unpaired) electrons. The summed E-state index contributed by atoms with van der Waals surface area (Å²) in [7, 11) is 1.69. The van der Waals surface area contributed by atoms with E-state index in [-0.39, 0.29) is 24.3 Å². The number of alkyl carbamates (subject to hydrolysis) is 1. The first kappa shape index (κ1) is 17.2. The molecular formula is C13H28N2O3. The normalized spacial score (nSPS) is 16.8. The highest BCUT2D eigenvalue weighted by Crippen LogP contribution is 2.06. The third kappa shape index (κ3) is 8.31. The zero-order valence-electron chi connectivity index (χ0n) is 12.7. The lowest BCUT2D eigenvalue weighted by molar-refractivity contribution is 0.0503. The highest BCUT2D eigenvalue weighted by atomic mass is 16.6. The highest BCUT2D eigenvalue weighted by Gasteiger charge is 2.18. The van der Waals surface area contributed by atoms with E-state index in [0.717, 1.165) is 0 Å². The van der Waals surface area contributed by atoms with E-state index in [1.165, 1.54) is 0 Å². The lowest BCUT2D eigenvalue weighted by Gasteiger charge is -2.24. The van der Waals surface area contributed by atoms with Gasteiger partial charge in [-0.1, -0.05) is 0 Å². The van der Waals surface area contributed by atoms with Crippen molar-refractivity contribution in [3.05, 3.63) is 0 Å². The Kier molecular flexibility index (Phi) is 7.25. The standard InChI is InChI=1S/C13H28N2O3/c1-9(8-14-10(2)11(3)17-7)15-12(16)18-13(4,5)6/h9-11,14H,8H2,1-7H3,(H,15,16).